The molecule has 12 amide bonds. The lowest BCUT2D eigenvalue weighted by atomic mass is 9.98. The maximum Gasteiger partial charge on any atom is 0.327 e. The van der Waals surface area contributed by atoms with Crippen LogP contribution in [0.25, 0.3) is 0 Å². The summed E-state index contributed by atoms with van der Waals surface area (Å²) in [5, 5.41) is 66.3. The van der Waals surface area contributed by atoms with Gasteiger partial charge in [0.1, 0.15) is 60.4 Å². The van der Waals surface area contributed by atoms with E-state index >= 15 is 0 Å². The highest BCUT2D eigenvalue weighted by atomic mass is 32.1. The molecule has 476 valence electrons. The van der Waals surface area contributed by atoms with Gasteiger partial charge in [0, 0.05) is 35.9 Å². The molecular weight excluding hydrogens is 1190 g/mol. The molecule has 0 spiro atoms. The summed E-state index contributed by atoms with van der Waals surface area (Å²) in [6, 6.07) is -16.1. The smallest absolute Gasteiger partial charge is 0.327 e. The van der Waals surface area contributed by atoms with Crippen LogP contribution in [0.3, 0.4) is 0 Å². The maximum atomic E-state index is 13.8. The Morgan fingerprint density at radius 1 is 0.369 bits per heavy atom. The van der Waals surface area contributed by atoms with E-state index < -0.39 is 224 Å². The average molecular weight is 1270 g/mol. The van der Waals surface area contributed by atoms with Crippen molar-refractivity contribution in [2.75, 3.05) is 36.1 Å². The summed E-state index contributed by atoms with van der Waals surface area (Å²) in [4.78, 5) is 193. The quantitative estimate of drug-likeness (QED) is 0.0254. The van der Waals surface area contributed by atoms with Crippen LogP contribution >= 0.6 is 50.5 Å². The highest BCUT2D eigenvalue weighted by Crippen LogP contribution is 2.11. The van der Waals surface area contributed by atoms with Crippen LogP contribution in [-0.2, 0) is 71.9 Å². The van der Waals surface area contributed by atoms with Crippen LogP contribution < -0.4 is 69.5 Å². The number of nitrogens with one attached hydrogen (secondary N) is 12. The largest absolute Gasteiger partial charge is 0.481 e. The molecule has 18 N–H and O–H groups in total. The standard InChI is InChI=1S/C48H81N13O19S4/c1-19(2)34(59-38(69)22(7)52-42(73)27(16-82)53-30(63)13-51-44(75)37(23(8)62)58-31(64)14-50-39(70)24(49)15-81)45(76)55-25(9-11-32(65)66)40(71)56-28(17-83)43(74)54-26(10-12-33(67)68)41(72)60-36(21(5)6)47(78)61-35(20(3)4)46(77)57-29(18-84)48(79)80/h19-29,34-37,62,81-84H,9-18,49H2,1-8H3,(H,50,70)(H,51,75)(H,52,73)(H,53,63)(H,54,74)(H,55,76)(H,56,71)(H,57,77)(H,58,64)(H,59,69)(H,60,72)(H,61,78)(H,65,66)(H,67,68)(H,79,80)/t22-,23+,24-,25-,26-,27-,28-,29-,34-,35-,36-,37-/m0/s1. The van der Waals surface area contributed by atoms with Crippen LogP contribution in [0, 0.1) is 17.8 Å². The number of carbonyl (C=O) groups is 15. The number of amides is 12. The second-order valence-electron chi connectivity index (χ2n) is 20.0. The fraction of sp³-hybridized carbons (Fsp3) is 0.688. The minimum atomic E-state index is -1.72. The molecule has 32 nitrogen and oxygen atoms in total. The number of nitrogens with two attached hydrogens (primary N) is 1. The Kier molecular flexibility index (Phi) is 36.0. The van der Waals surface area contributed by atoms with E-state index in [1.54, 1.807) is 13.8 Å². The Balaban J connectivity index is 6.15. The molecule has 0 aromatic rings. The molecule has 0 aliphatic carbocycles. The summed E-state index contributed by atoms with van der Waals surface area (Å²) in [5.41, 5.74) is 5.53. The molecule has 0 heterocycles. The van der Waals surface area contributed by atoms with E-state index in [1.165, 1.54) is 41.5 Å². The summed E-state index contributed by atoms with van der Waals surface area (Å²) in [7, 11) is 0. The van der Waals surface area contributed by atoms with Crippen molar-refractivity contribution in [3.8, 4) is 0 Å². The Labute approximate surface area is 506 Å². The molecule has 0 rings (SSSR count). The molecule has 0 aliphatic rings. The topological polar surface area (TPSA) is 507 Å². The zero-order valence-corrected chi connectivity index (χ0v) is 51.1. The van der Waals surface area contributed by atoms with E-state index in [4.69, 9.17) is 5.73 Å². The summed E-state index contributed by atoms with van der Waals surface area (Å²) in [6.45, 7) is 10.1. The van der Waals surface area contributed by atoms with Gasteiger partial charge < -0.3 is 90.0 Å². The number of aliphatic hydroxyl groups is 1. The highest BCUT2D eigenvalue weighted by Gasteiger charge is 2.37. The second kappa shape index (κ2) is 39.1. The molecule has 0 fully saturated rings. The Morgan fingerprint density at radius 3 is 1.11 bits per heavy atom. The third-order valence-corrected chi connectivity index (χ3v) is 13.4. The van der Waals surface area contributed by atoms with E-state index in [0.29, 0.717) is 0 Å². The van der Waals surface area contributed by atoms with Gasteiger partial charge >= 0.3 is 17.9 Å². The first-order chi connectivity index (χ1) is 39.1. The molecule has 0 aliphatic heterocycles. The fourth-order valence-corrected chi connectivity index (χ4v) is 7.94. The predicted molar refractivity (Wildman–Crippen MR) is 312 cm³/mol. The first-order valence-electron chi connectivity index (χ1n) is 26.2. The van der Waals surface area contributed by atoms with Gasteiger partial charge in [0.25, 0.3) is 0 Å². The van der Waals surface area contributed by atoms with Gasteiger partial charge in [-0.1, -0.05) is 41.5 Å². The van der Waals surface area contributed by atoms with Crippen molar-refractivity contribution in [3.63, 3.8) is 0 Å². The van der Waals surface area contributed by atoms with Crippen LogP contribution in [0.15, 0.2) is 0 Å². The number of hydrogen-bond acceptors (Lipinski definition) is 21. The van der Waals surface area contributed by atoms with Gasteiger partial charge in [0.15, 0.2) is 0 Å². The van der Waals surface area contributed by atoms with Crippen molar-refractivity contribution >= 4 is 139 Å². The number of thiol groups is 4. The van der Waals surface area contributed by atoms with Crippen molar-refractivity contribution in [3.05, 3.63) is 0 Å². The molecule has 84 heavy (non-hydrogen) atoms. The van der Waals surface area contributed by atoms with E-state index in [0.717, 1.165) is 0 Å². The number of carboxylic acids is 3. The highest BCUT2D eigenvalue weighted by molar-refractivity contribution is 7.80. The van der Waals surface area contributed by atoms with Gasteiger partial charge in [-0.15, -0.1) is 0 Å². The minimum Gasteiger partial charge on any atom is -0.481 e. The molecule has 0 aromatic heterocycles. The molecule has 0 bridgehead atoms. The zero-order chi connectivity index (χ0) is 64.9. The zero-order valence-electron chi connectivity index (χ0n) is 47.5. The number of rotatable bonds is 39. The van der Waals surface area contributed by atoms with Crippen LogP contribution in [-0.4, -0.2) is 218 Å². The van der Waals surface area contributed by atoms with Crippen molar-refractivity contribution < 1.29 is 92.3 Å². The van der Waals surface area contributed by atoms with E-state index in [1.807, 2.05) is 0 Å². The molecular formula is C48H81N13O19S4. The summed E-state index contributed by atoms with van der Waals surface area (Å²) < 4.78 is 0. The predicted octanol–water partition coefficient (Wildman–Crippen LogP) is -6.70. The molecule has 0 aromatic carbocycles. The number of aliphatic carboxylic acids is 3. The Morgan fingerprint density at radius 2 is 0.702 bits per heavy atom. The minimum absolute atomic E-state index is 0.0172. The Bertz CT molecular complexity index is 2350. The Hall–Kier alpha value is -6.63. The third-order valence-electron chi connectivity index (χ3n) is 12.0. The van der Waals surface area contributed by atoms with Crippen LogP contribution in [0.4, 0.5) is 0 Å². The van der Waals surface area contributed by atoms with Crippen molar-refractivity contribution in [2.24, 2.45) is 23.5 Å². The average Bonchev–Trinajstić information content (AvgIpc) is 3.60. The van der Waals surface area contributed by atoms with Crippen molar-refractivity contribution in [2.45, 2.75) is 154 Å². The van der Waals surface area contributed by atoms with Gasteiger partial charge in [-0.3, -0.25) is 67.1 Å². The summed E-state index contributed by atoms with van der Waals surface area (Å²) in [5.74, 6) is -19.0. The molecule has 36 heteroatoms. The molecule has 0 radical (unpaired) electrons. The van der Waals surface area contributed by atoms with E-state index in [-0.39, 0.29) is 17.3 Å². The lowest BCUT2D eigenvalue weighted by Crippen LogP contribution is -2.62. The van der Waals surface area contributed by atoms with E-state index in [9.17, 15) is 92.3 Å². The number of aliphatic hydroxyl groups excluding tert-OH is 1. The third kappa shape index (κ3) is 28.3. The van der Waals surface area contributed by atoms with Gasteiger partial charge in [0.2, 0.25) is 70.9 Å². The van der Waals surface area contributed by atoms with E-state index in [2.05, 4.69) is 114 Å². The molecule has 0 saturated carbocycles. The number of hydrogen-bond donors (Lipinski definition) is 21. The summed E-state index contributed by atoms with van der Waals surface area (Å²) in [6.07, 6.45) is -4.03. The molecule has 12 atom stereocenters. The van der Waals surface area contributed by atoms with Crippen LogP contribution in [0.5, 0.6) is 0 Å². The molecule has 0 saturated heterocycles. The van der Waals surface area contributed by atoms with Gasteiger partial charge in [-0.05, 0) is 44.4 Å². The summed E-state index contributed by atoms with van der Waals surface area (Å²) >= 11 is 16.0. The number of carboxylic acid groups (broad SMARTS) is 3. The molecule has 0 unspecified atom stereocenters. The van der Waals surface area contributed by atoms with Gasteiger partial charge in [-0.2, -0.15) is 50.5 Å². The second-order valence-corrected chi connectivity index (χ2v) is 21.5. The lowest BCUT2D eigenvalue weighted by Gasteiger charge is -2.29. The normalized spacial score (nSPS) is 15.4. The first-order valence-corrected chi connectivity index (χ1v) is 28.7. The maximum absolute atomic E-state index is 13.8. The monoisotopic (exact) mass is 1270 g/mol. The SMILES string of the molecule is CC(C)[C@H](NC(=O)[C@H](C)NC(=O)[C@H](CS)NC(=O)CNC(=O)[C@@H](NC(=O)CNC(=O)[C@@H](N)CS)[C@@H](C)O)C(=O)N[C@@H](CCC(=O)O)C(=O)N[C@@H](CS)C(=O)N[C@@H](CCC(=O)O)C(=O)N[C@H](C(=O)N[C@H](C(=O)N[C@@H](CS)C(=O)O)C(C)C)C(C)C. The van der Waals surface area contributed by atoms with Gasteiger partial charge in [0.05, 0.1) is 25.2 Å². The fourth-order valence-electron chi connectivity index (χ4n) is 7.01. The van der Waals surface area contributed by atoms with Gasteiger partial charge in [-0.25, -0.2) is 4.79 Å². The lowest BCUT2D eigenvalue weighted by molar-refractivity contribution is -0.142. The number of carbonyl (C=O) groups excluding carboxylic acids is 12. The van der Waals surface area contributed by atoms with Crippen LogP contribution in [0.2, 0.25) is 0 Å². The van der Waals surface area contributed by atoms with Crippen molar-refractivity contribution in [1.82, 2.24) is 63.8 Å². The van der Waals surface area contributed by atoms with Crippen molar-refractivity contribution in [1.29, 1.82) is 0 Å². The van der Waals surface area contributed by atoms with Crippen LogP contribution in [0.1, 0.15) is 81.1 Å². The first kappa shape index (κ1) is 77.4.